The zero-order chi connectivity index (χ0) is 27.9. The van der Waals surface area contributed by atoms with Gasteiger partial charge >= 0.3 is 0 Å². The number of methoxy groups -OCH3 is 1. The number of para-hydroxylation sites is 1. The molecule has 0 spiro atoms. The molecular formula is C30H40N2O6Si. The molecule has 2 aromatic rings. The molecule has 0 bridgehead atoms. The number of benzene rings is 2. The van der Waals surface area contributed by atoms with E-state index in [-0.39, 0.29) is 48.4 Å². The molecule has 2 N–H and O–H groups in total. The highest BCUT2D eigenvalue weighted by atomic mass is 28.4. The summed E-state index contributed by atoms with van der Waals surface area (Å²) in [6.45, 7) is 6.34. The van der Waals surface area contributed by atoms with Gasteiger partial charge in [-0.05, 0) is 62.2 Å². The van der Waals surface area contributed by atoms with Crippen molar-refractivity contribution in [3.8, 4) is 5.75 Å². The van der Waals surface area contributed by atoms with E-state index in [1.54, 1.807) is 16.9 Å². The van der Waals surface area contributed by atoms with Crippen molar-refractivity contribution < 1.29 is 29.0 Å². The molecule has 210 valence electrons. The first-order valence-electron chi connectivity index (χ1n) is 14.0. The second-order valence-corrected chi connectivity index (χ2v) is 15.8. The van der Waals surface area contributed by atoms with Gasteiger partial charge in [-0.15, -0.1) is 0 Å². The van der Waals surface area contributed by atoms with Gasteiger partial charge in [-0.1, -0.05) is 25.1 Å². The van der Waals surface area contributed by atoms with E-state index in [1.165, 1.54) is 0 Å². The molecule has 1 fully saturated rings. The van der Waals surface area contributed by atoms with Crippen LogP contribution in [0.25, 0.3) is 0 Å². The number of anilines is 2. The largest absolute Gasteiger partial charge is 0.490 e. The Hall–Kier alpha value is -2.72. The molecule has 3 aliphatic heterocycles. The second-order valence-electron chi connectivity index (χ2n) is 11.7. The van der Waals surface area contributed by atoms with Crippen LogP contribution in [0, 0.1) is 5.92 Å². The van der Waals surface area contributed by atoms with E-state index in [1.807, 2.05) is 56.4 Å². The Morgan fingerprint density at radius 3 is 2.69 bits per heavy atom. The standard InChI is InChI=1S/C30H40N2O6Si/c1-19-29(37-2)23-16-21(32-24-10-6-5-8-20(24)11-14-27(32)34)12-13-25(23)38-30(19)26(39(3,4)36)17-28(35)31-15-7-9-22(31)18-33/h5-6,8,10,12-13,16,19,22,26,29-30,33,36H,7,9,11,14-15,17-18H2,1-4H3/t19-,22-,26?,29-,30-/m0/s1. The van der Waals surface area contributed by atoms with Gasteiger partial charge in [-0.25, -0.2) is 0 Å². The first kappa shape index (κ1) is 27.8. The van der Waals surface area contributed by atoms with Crippen molar-refractivity contribution in [1.82, 2.24) is 4.90 Å². The topological polar surface area (TPSA) is 99.5 Å². The molecule has 39 heavy (non-hydrogen) atoms. The SMILES string of the molecule is CO[C@@H]1c2cc(N3C(=O)CCc4ccccc43)ccc2O[C@H](C(CC(=O)N2CCC[C@H]2CO)[Si](C)(C)O)[C@H]1C. The van der Waals surface area contributed by atoms with E-state index < -0.39 is 14.4 Å². The Kier molecular flexibility index (Phi) is 7.88. The summed E-state index contributed by atoms with van der Waals surface area (Å²) in [7, 11) is -1.19. The zero-order valence-corrected chi connectivity index (χ0v) is 24.3. The number of fused-ring (bicyclic) bond motifs is 2. The van der Waals surface area contributed by atoms with E-state index in [2.05, 4.69) is 6.07 Å². The number of likely N-dealkylation sites (tertiary alicyclic amines) is 1. The summed E-state index contributed by atoms with van der Waals surface area (Å²) in [5, 5.41) is 9.73. The van der Waals surface area contributed by atoms with Crippen LogP contribution in [-0.2, 0) is 20.7 Å². The Balaban J connectivity index is 1.46. The number of aliphatic hydroxyl groups excluding tert-OH is 1. The van der Waals surface area contributed by atoms with E-state index in [4.69, 9.17) is 9.47 Å². The lowest BCUT2D eigenvalue weighted by Gasteiger charge is -2.44. The maximum absolute atomic E-state index is 13.4. The third-order valence-corrected chi connectivity index (χ3v) is 11.1. The maximum atomic E-state index is 13.4. The van der Waals surface area contributed by atoms with Crippen LogP contribution in [0.3, 0.4) is 0 Å². The summed E-state index contributed by atoms with van der Waals surface area (Å²) in [6, 6.07) is 13.6. The predicted octanol–water partition coefficient (Wildman–Crippen LogP) is 4.32. The highest BCUT2D eigenvalue weighted by Gasteiger charge is 2.48. The smallest absolute Gasteiger partial charge is 0.231 e. The van der Waals surface area contributed by atoms with Crippen molar-refractivity contribution in [3.63, 3.8) is 0 Å². The van der Waals surface area contributed by atoms with Gasteiger partial charge in [0.05, 0.1) is 24.4 Å². The molecule has 3 aliphatic rings. The van der Waals surface area contributed by atoms with Gasteiger partial charge in [-0.2, -0.15) is 0 Å². The number of nitrogens with zero attached hydrogens (tertiary/aromatic N) is 2. The van der Waals surface area contributed by atoms with E-state index >= 15 is 0 Å². The summed E-state index contributed by atoms with van der Waals surface area (Å²) in [6.07, 6.45) is 2.28. The maximum Gasteiger partial charge on any atom is 0.231 e. The van der Waals surface area contributed by atoms with Crippen LogP contribution in [-0.4, -0.2) is 67.3 Å². The van der Waals surface area contributed by atoms with Gasteiger partial charge in [-0.3, -0.25) is 14.5 Å². The van der Waals surface area contributed by atoms with Gasteiger partial charge < -0.3 is 24.3 Å². The fourth-order valence-electron chi connectivity index (χ4n) is 6.64. The highest BCUT2D eigenvalue weighted by Crippen LogP contribution is 2.48. The molecule has 1 saturated heterocycles. The molecule has 0 radical (unpaired) electrons. The third kappa shape index (κ3) is 5.25. The predicted molar refractivity (Wildman–Crippen MR) is 152 cm³/mol. The number of rotatable bonds is 7. The van der Waals surface area contributed by atoms with Gasteiger partial charge in [0.2, 0.25) is 11.8 Å². The van der Waals surface area contributed by atoms with Crippen LogP contribution >= 0.6 is 0 Å². The van der Waals surface area contributed by atoms with Gasteiger partial charge in [0, 0.05) is 49.2 Å². The summed E-state index contributed by atoms with van der Waals surface area (Å²) < 4.78 is 12.6. The molecule has 9 heteroatoms. The van der Waals surface area contributed by atoms with Crippen LogP contribution in [0.5, 0.6) is 5.75 Å². The number of carbonyl (C=O) groups is 2. The number of aryl methyl sites for hydroxylation is 1. The number of ether oxygens (including phenoxy) is 2. The normalized spacial score (nSPS) is 25.6. The lowest BCUT2D eigenvalue weighted by atomic mass is 9.86. The van der Waals surface area contributed by atoms with E-state index in [0.29, 0.717) is 18.7 Å². The summed E-state index contributed by atoms with van der Waals surface area (Å²) in [5.41, 5.74) is 3.32. The minimum Gasteiger partial charge on any atom is -0.490 e. The monoisotopic (exact) mass is 552 g/mol. The fraction of sp³-hybridized carbons (Fsp3) is 0.533. The molecule has 8 nitrogen and oxygen atoms in total. The fourth-order valence-corrected chi connectivity index (χ4v) is 8.49. The molecule has 3 heterocycles. The molecule has 0 aliphatic carbocycles. The van der Waals surface area contributed by atoms with Crippen molar-refractivity contribution >= 4 is 31.5 Å². The van der Waals surface area contributed by atoms with Crippen LogP contribution in [0.1, 0.15) is 49.8 Å². The van der Waals surface area contributed by atoms with Crippen LogP contribution < -0.4 is 9.64 Å². The third-order valence-electron chi connectivity index (χ3n) is 8.77. The van der Waals surface area contributed by atoms with Crippen molar-refractivity contribution in [2.75, 3.05) is 25.2 Å². The van der Waals surface area contributed by atoms with Gasteiger partial charge in [0.1, 0.15) is 11.9 Å². The molecule has 1 unspecified atom stereocenters. The lowest BCUT2D eigenvalue weighted by molar-refractivity contribution is -0.133. The van der Waals surface area contributed by atoms with Gasteiger partial charge in [0.25, 0.3) is 0 Å². The Labute approximate surface area is 231 Å². The lowest BCUT2D eigenvalue weighted by Crippen LogP contribution is -2.50. The molecule has 5 rings (SSSR count). The number of hydrogen-bond donors (Lipinski definition) is 2. The van der Waals surface area contributed by atoms with Crippen LogP contribution in [0.15, 0.2) is 42.5 Å². The average molecular weight is 553 g/mol. The molecule has 2 amide bonds. The molecule has 5 atom stereocenters. The summed E-state index contributed by atoms with van der Waals surface area (Å²) in [4.78, 5) is 41.3. The van der Waals surface area contributed by atoms with Crippen molar-refractivity contribution in [3.05, 3.63) is 53.6 Å². The van der Waals surface area contributed by atoms with Crippen molar-refractivity contribution in [2.24, 2.45) is 5.92 Å². The molecule has 0 saturated carbocycles. The zero-order valence-electron chi connectivity index (χ0n) is 23.3. The quantitative estimate of drug-likeness (QED) is 0.497. The second kappa shape index (κ2) is 11.0. The number of aliphatic hydroxyl groups is 1. The van der Waals surface area contributed by atoms with Crippen LogP contribution in [0.4, 0.5) is 11.4 Å². The Morgan fingerprint density at radius 1 is 1.21 bits per heavy atom. The number of amides is 2. The summed E-state index contributed by atoms with van der Waals surface area (Å²) >= 11 is 0. The Morgan fingerprint density at radius 2 is 1.97 bits per heavy atom. The molecular weight excluding hydrogens is 512 g/mol. The van der Waals surface area contributed by atoms with Crippen LogP contribution in [0.2, 0.25) is 18.6 Å². The molecule has 0 aromatic heterocycles. The van der Waals surface area contributed by atoms with Gasteiger partial charge in [0.15, 0.2) is 8.32 Å². The first-order valence-corrected chi connectivity index (χ1v) is 17.0. The van der Waals surface area contributed by atoms with E-state index in [9.17, 15) is 19.5 Å². The first-order chi connectivity index (χ1) is 18.6. The summed E-state index contributed by atoms with van der Waals surface area (Å²) in [5.74, 6) is 0.516. The van der Waals surface area contributed by atoms with Crippen molar-refractivity contribution in [1.29, 1.82) is 0 Å². The number of carbonyl (C=O) groups excluding carboxylic acids is 2. The minimum atomic E-state index is -2.86. The average Bonchev–Trinajstić information content (AvgIpc) is 3.40. The van der Waals surface area contributed by atoms with Crippen molar-refractivity contribution in [2.45, 2.75) is 75.9 Å². The number of hydrogen-bond acceptors (Lipinski definition) is 6. The minimum absolute atomic E-state index is 0.0423. The highest BCUT2D eigenvalue weighted by molar-refractivity contribution is 6.71. The Bertz CT molecular complexity index is 1230. The van der Waals surface area contributed by atoms with E-state index in [0.717, 1.165) is 41.8 Å². The molecule has 2 aromatic carbocycles.